The molecule has 31 heavy (non-hydrogen) atoms. The summed E-state index contributed by atoms with van der Waals surface area (Å²) in [6, 6.07) is 5.12. The Labute approximate surface area is 183 Å². The Morgan fingerprint density at radius 2 is 2.06 bits per heavy atom. The first-order valence-corrected chi connectivity index (χ1v) is 10.8. The summed E-state index contributed by atoms with van der Waals surface area (Å²) in [6.07, 6.45) is 2.38. The van der Waals surface area contributed by atoms with Gasteiger partial charge in [-0.1, -0.05) is 20.3 Å². The quantitative estimate of drug-likeness (QED) is 0.678. The number of ether oxygens (including phenoxy) is 2. The average Bonchev–Trinajstić information content (AvgIpc) is 2.80. The van der Waals surface area contributed by atoms with Crippen molar-refractivity contribution in [3.63, 3.8) is 0 Å². The average molecular weight is 429 g/mol. The molecule has 2 aromatic rings. The van der Waals surface area contributed by atoms with Gasteiger partial charge in [-0.3, -0.25) is 4.79 Å². The Hall–Kier alpha value is -2.90. The van der Waals surface area contributed by atoms with E-state index >= 15 is 0 Å². The van der Waals surface area contributed by atoms with Gasteiger partial charge in [0.2, 0.25) is 11.9 Å². The molecule has 3 rings (SSSR count). The van der Waals surface area contributed by atoms with Crippen molar-refractivity contribution in [1.29, 1.82) is 0 Å². The molecule has 1 N–H and O–H groups in total. The lowest BCUT2D eigenvalue weighted by atomic mass is 9.94. The molecule has 1 fully saturated rings. The van der Waals surface area contributed by atoms with E-state index in [0.29, 0.717) is 12.5 Å². The molecule has 0 saturated carbocycles. The normalized spacial score (nSPS) is 18.4. The zero-order valence-electron chi connectivity index (χ0n) is 19.0. The highest BCUT2D eigenvalue weighted by Crippen LogP contribution is 2.26. The second kappa shape index (κ2) is 9.94. The minimum Gasteiger partial charge on any atom is -0.497 e. The molecule has 3 atom stereocenters. The monoisotopic (exact) mass is 428 g/mol. The predicted octanol–water partition coefficient (Wildman–Crippen LogP) is 2.87. The molecule has 0 spiro atoms. The molecule has 0 unspecified atom stereocenters. The van der Waals surface area contributed by atoms with Crippen LogP contribution in [-0.4, -0.2) is 55.2 Å². The first-order chi connectivity index (χ1) is 14.9. The van der Waals surface area contributed by atoms with Gasteiger partial charge in [0.1, 0.15) is 11.8 Å². The summed E-state index contributed by atoms with van der Waals surface area (Å²) in [4.78, 5) is 36.6. The van der Waals surface area contributed by atoms with Crippen molar-refractivity contribution in [2.24, 2.45) is 11.8 Å². The molecule has 0 bridgehead atoms. The summed E-state index contributed by atoms with van der Waals surface area (Å²) in [5.41, 5.74) is 1.70. The SMILES string of the molecule is CC[C@H](C)[C@H](NC(=O)[C@@H]1CCCN(c2nc(C)c3ccc(OC)cc3n2)C1)C(=O)OC. The predicted molar refractivity (Wildman–Crippen MR) is 119 cm³/mol. The number of rotatable bonds is 7. The molecule has 1 amide bonds. The van der Waals surface area contributed by atoms with E-state index in [2.05, 4.69) is 15.2 Å². The minimum absolute atomic E-state index is 0.00227. The number of carbonyl (C=O) groups is 2. The number of hydrogen-bond acceptors (Lipinski definition) is 7. The number of benzene rings is 1. The number of nitrogens with zero attached hydrogens (tertiary/aromatic N) is 3. The maximum absolute atomic E-state index is 13.0. The van der Waals surface area contributed by atoms with E-state index < -0.39 is 12.0 Å². The molecule has 2 heterocycles. The fourth-order valence-electron chi connectivity index (χ4n) is 3.96. The van der Waals surface area contributed by atoms with E-state index in [4.69, 9.17) is 14.5 Å². The third kappa shape index (κ3) is 5.06. The molecule has 8 heteroatoms. The Morgan fingerprint density at radius 1 is 1.29 bits per heavy atom. The third-order valence-corrected chi connectivity index (χ3v) is 6.12. The molecule has 168 valence electrons. The number of esters is 1. The van der Waals surface area contributed by atoms with Gasteiger partial charge in [0, 0.05) is 24.5 Å². The van der Waals surface area contributed by atoms with Gasteiger partial charge in [-0.25, -0.2) is 14.8 Å². The number of amides is 1. The van der Waals surface area contributed by atoms with Crippen LogP contribution in [0.5, 0.6) is 5.75 Å². The molecule has 1 saturated heterocycles. The molecule has 1 aromatic heterocycles. The highest BCUT2D eigenvalue weighted by atomic mass is 16.5. The summed E-state index contributed by atoms with van der Waals surface area (Å²) < 4.78 is 10.2. The zero-order chi connectivity index (χ0) is 22.5. The molecule has 1 aliphatic heterocycles. The zero-order valence-corrected chi connectivity index (χ0v) is 19.0. The van der Waals surface area contributed by atoms with Gasteiger partial charge >= 0.3 is 5.97 Å². The Morgan fingerprint density at radius 3 is 2.74 bits per heavy atom. The first kappa shape index (κ1) is 22.8. The largest absolute Gasteiger partial charge is 0.497 e. The van der Waals surface area contributed by atoms with E-state index in [1.54, 1.807) is 7.11 Å². The van der Waals surface area contributed by atoms with Crippen molar-refractivity contribution < 1.29 is 19.1 Å². The minimum atomic E-state index is -0.635. The van der Waals surface area contributed by atoms with Gasteiger partial charge in [0.05, 0.1) is 31.3 Å². The molecule has 1 aliphatic rings. The summed E-state index contributed by atoms with van der Waals surface area (Å²) in [5.74, 6) is 0.582. The maximum Gasteiger partial charge on any atom is 0.328 e. The fourth-order valence-corrected chi connectivity index (χ4v) is 3.96. The second-order valence-electron chi connectivity index (χ2n) is 8.17. The second-order valence-corrected chi connectivity index (χ2v) is 8.17. The molecule has 0 aliphatic carbocycles. The number of fused-ring (bicyclic) bond motifs is 1. The molecule has 8 nitrogen and oxygen atoms in total. The van der Waals surface area contributed by atoms with Gasteiger partial charge in [-0.2, -0.15) is 0 Å². The first-order valence-electron chi connectivity index (χ1n) is 10.8. The van der Waals surface area contributed by atoms with Gasteiger partial charge in [0.15, 0.2) is 0 Å². The summed E-state index contributed by atoms with van der Waals surface area (Å²) in [7, 11) is 2.98. The Bertz CT molecular complexity index is 949. The molecule has 1 aromatic carbocycles. The number of carbonyl (C=O) groups excluding carboxylic acids is 2. The fraction of sp³-hybridized carbons (Fsp3) is 0.565. The van der Waals surface area contributed by atoms with E-state index in [9.17, 15) is 9.59 Å². The van der Waals surface area contributed by atoms with Crippen LogP contribution in [0.25, 0.3) is 10.9 Å². The van der Waals surface area contributed by atoms with Gasteiger partial charge in [0.25, 0.3) is 0 Å². The van der Waals surface area contributed by atoms with E-state index in [-0.39, 0.29) is 17.7 Å². The Kier molecular flexibility index (Phi) is 7.30. The van der Waals surface area contributed by atoms with Crippen LogP contribution in [0.2, 0.25) is 0 Å². The van der Waals surface area contributed by atoms with Crippen LogP contribution in [0.4, 0.5) is 5.95 Å². The highest BCUT2D eigenvalue weighted by Gasteiger charge is 2.32. The lowest BCUT2D eigenvalue weighted by Gasteiger charge is -2.33. The lowest BCUT2D eigenvalue weighted by Crippen LogP contribution is -2.51. The van der Waals surface area contributed by atoms with Gasteiger partial charge in [-0.15, -0.1) is 0 Å². The van der Waals surface area contributed by atoms with E-state index in [1.165, 1.54) is 7.11 Å². The number of aromatic nitrogens is 2. The lowest BCUT2D eigenvalue weighted by molar-refractivity contribution is -0.147. The number of anilines is 1. The third-order valence-electron chi connectivity index (χ3n) is 6.12. The number of piperidine rings is 1. The van der Waals surface area contributed by atoms with Crippen LogP contribution in [0.3, 0.4) is 0 Å². The van der Waals surface area contributed by atoms with Crippen molar-refractivity contribution >= 4 is 28.7 Å². The van der Waals surface area contributed by atoms with Crippen molar-refractivity contribution in [3.05, 3.63) is 23.9 Å². The van der Waals surface area contributed by atoms with Crippen LogP contribution >= 0.6 is 0 Å². The van der Waals surface area contributed by atoms with Crippen LogP contribution < -0.4 is 15.0 Å². The van der Waals surface area contributed by atoms with E-state index in [0.717, 1.165) is 48.2 Å². The smallest absolute Gasteiger partial charge is 0.328 e. The topological polar surface area (TPSA) is 93.7 Å². The molecular formula is C23H32N4O4. The highest BCUT2D eigenvalue weighted by molar-refractivity contribution is 5.86. The van der Waals surface area contributed by atoms with E-state index in [1.807, 2.05) is 39.0 Å². The van der Waals surface area contributed by atoms with Crippen molar-refractivity contribution in [3.8, 4) is 5.75 Å². The Balaban J connectivity index is 1.78. The molecule has 0 radical (unpaired) electrons. The standard InChI is InChI=1S/C23H32N4O4/c1-6-14(2)20(22(29)31-5)26-21(28)16-8-7-11-27(13-16)23-24-15(3)18-10-9-17(30-4)12-19(18)25-23/h9-10,12,14,16,20H,6-8,11,13H2,1-5H3,(H,26,28)/t14-,16+,20-/m0/s1. The summed E-state index contributed by atoms with van der Waals surface area (Å²) >= 11 is 0. The van der Waals surface area contributed by atoms with Crippen LogP contribution in [0.15, 0.2) is 18.2 Å². The maximum atomic E-state index is 13.0. The van der Waals surface area contributed by atoms with Crippen LogP contribution in [0, 0.1) is 18.8 Å². The number of aryl methyl sites for hydroxylation is 1. The number of nitrogens with one attached hydrogen (secondary N) is 1. The van der Waals surface area contributed by atoms with Crippen LogP contribution in [0.1, 0.15) is 38.8 Å². The number of hydrogen-bond donors (Lipinski definition) is 1. The van der Waals surface area contributed by atoms with Crippen molar-refractivity contribution in [1.82, 2.24) is 15.3 Å². The van der Waals surface area contributed by atoms with Gasteiger partial charge in [-0.05, 0) is 37.8 Å². The summed E-state index contributed by atoms with van der Waals surface area (Å²) in [6.45, 7) is 7.18. The summed E-state index contributed by atoms with van der Waals surface area (Å²) in [5, 5.41) is 3.90. The van der Waals surface area contributed by atoms with Gasteiger partial charge < -0.3 is 19.7 Å². The van der Waals surface area contributed by atoms with Crippen molar-refractivity contribution in [2.45, 2.75) is 46.1 Å². The van der Waals surface area contributed by atoms with Crippen LogP contribution in [-0.2, 0) is 14.3 Å². The number of methoxy groups -OCH3 is 2. The van der Waals surface area contributed by atoms with Crippen molar-refractivity contribution in [2.75, 3.05) is 32.2 Å². The molecular weight excluding hydrogens is 396 g/mol.